The summed E-state index contributed by atoms with van der Waals surface area (Å²) in [6.45, 7) is 3.58. The summed E-state index contributed by atoms with van der Waals surface area (Å²) < 4.78 is 34.0. The van der Waals surface area contributed by atoms with E-state index in [1.165, 1.54) is 44.9 Å². The fourth-order valence-corrected chi connectivity index (χ4v) is 6.61. The van der Waals surface area contributed by atoms with Crippen molar-refractivity contribution >= 4 is 5.97 Å². The third kappa shape index (κ3) is 20.4. The van der Waals surface area contributed by atoms with Gasteiger partial charge in [0.1, 0.15) is 54.9 Å². The number of unbranched alkanes of at least 4 members (excludes halogenated alkanes) is 14. The van der Waals surface area contributed by atoms with Crippen LogP contribution in [0.25, 0.3) is 0 Å². The highest BCUT2D eigenvalue weighted by atomic mass is 16.7. The first-order chi connectivity index (χ1) is 27.1. The Bertz CT molecular complexity index is 1030. The molecule has 0 spiro atoms. The molecule has 0 aliphatic carbocycles. The van der Waals surface area contributed by atoms with Crippen molar-refractivity contribution in [1.29, 1.82) is 0 Å². The molecule has 2 heterocycles. The Hall–Kier alpha value is -1.53. The van der Waals surface area contributed by atoms with Gasteiger partial charge in [0, 0.05) is 13.0 Å². The fraction of sp³-hybridized carbons (Fsp3) is 0.881. The van der Waals surface area contributed by atoms with E-state index in [0.717, 1.165) is 64.2 Å². The van der Waals surface area contributed by atoms with Gasteiger partial charge in [0.15, 0.2) is 12.6 Å². The van der Waals surface area contributed by atoms with Crippen molar-refractivity contribution in [3.8, 4) is 0 Å². The maximum atomic E-state index is 12.9. The van der Waals surface area contributed by atoms with Crippen LogP contribution in [0.1, 0.15) is 136 Å². The Morgan fingerprint density at radius 1 is 0.589 bits per heavy atom. The standard InChI is InChI=1S/C42H76O14/c1-3-5-7-9-11-12-13-14-15-16-17-18-19-21-23-25-34(44)54-31(28-51-26-24-22-20-10-8-6-4-2)29-52-41-40(50)38(48)36(46)33(56-41)30-53-42-39(49)37(47)35(45)32(27-43)55-42/h11-12,14-15,31-33,35-43,45-50H,3-10,13,16-30H2,1-2H3/b12-11-,15-14-. The quantitative estimate of drug-likeness (QED) is 0.0290. The molecule has 11 atom stereocenters. The Morgan fingerprint density at radius 2 is 1.11 bits per heavy atom. The molecule has 7 N–H and O–H groups in total. The Balaban J connectivity index is 1.82. The van der Waals surface area contributed by atoms with Crippen LogP contribution in [0, 0.1) is 0 Å². The molecule has 2 aliphatic rings. The normalized spacial score (nSPS) is 29.0. The van der Waals surface area contributed by atoms with Gasteiger partial charge in [0.05, 0.1) is 26.4 Å². The van der Waals surface area contributed by atoms with E-state index in [1.807, 2.05) is 0 Å². The number of carbonyl (C=O) groups is 1. The van der Waals surface area contributed by atoms with Gasteiger partial charge < -0.3 is 64.2 Å². The van der Waals surface area contributed by atoms with E-state index in [-0.39, 0.29) is 19.6 Å². The molecule has 0 amide bonds. The van der Waals surface area contributed by atoms with Crippen LogP contribution in [0.3, 0.4) is 0 Å². The molecule has 0 saturated carbocycles. The molecule has 56 heavy (non-hydrogen) atoms. The van der Waals surface area contributed by atoms with Crippen molar-refractivity contribution in [1.82, 2.24) is 0 Å². The molecule has 14 heteroatoms. The van der Waals surface area contributed by atoms with Crippen LogP contribution in [0.15, 0.2) is 24.3 Å². The number of rotatable bonds is 32. The lowest BCUT2D eigenvalue weighted by Gasteiger charge is -2.42. The maximum absolute atomic E-state index is 12.9. The van der Waals surface area contributed by atoms with Crippen LogP contribution < -0.4 is 0 Å². The molecule has 0 aromatic heterocycles. The second-order valence-corrected chi connectivity index (χ2v) is 15.2. The van der Waals surface area contributed by atoms with Crippen LogP contribution >= 0.6 is 0 Å². The van der Waals surface area contributed by atoms with Crippen LogP contribution in [0.5, 0.6) is 0 Å². The molecule has 328 valence electrons. The van der Waals surface area contributed by atoms with Gasteiger partial charge in [-0.05, 0) is 44.9 Å². The zero-order valence-electron chi connectivity index (χ0n) is 34.1. The number of allylic oxidation sites excluding steroid dienone is 4. The van der Waals surface area contributed by atoms with Gasteiger partial charge in [-0.15, -0.1) is 0 Å². The zero-order valence-corrected chi connectivity index (χ0v) is 34.1. The van der Waals surface area contributed by atoms with E-state index in [2.05, 4.69) is 38.2 Å². The van der Waals surface area contributed by atoms with Crippen LogP contribution in [-0.4, -0.2) is 142 Å². The van der Waals surface area contributed by atoms with Crippen molar-refractivity contribution in [2.45, 2.75) is 203 Å². The van der Waals surface area contributed by atoms with E-state index in [0.29, 0.717) is 13.0 Å². The van der Waals surface area contributed by atoms with Crippen LogP contribution in [-0.2, 0) is 33.2 Å². The molecule has 11 unspecified atom stereocenters. The zero-order chi connectivity index (χ0) is 41.0. The molecule has 2 aliphatic heterocycles. The second kappa shape index (κ2) is 31.4. The van der Waals surface area contributed by atoms with Crippen molar-refractivity contribution in [3.63, 3.8) is 0 Å². The molecule has 0 aromatic rings. The molecule has 2 rings (SSSR count). The van der Waals surface area contributed by atoms with E-state index in [1.54, 1.807) is 0 Å². The molecular weight excluding hydrogens is 728 g/mol. The summed E-state index contributed by atoms with van der Waals surface area (Å²) in [5.74, 6) is -0.393. The number of ether oxygens (including phenoxy) is 6. The van der Waals surface area contributed by atoms with E-state index < -0.39 is 86.7 Å². The van der Waals surface area contributed by atoms with Gasteiger partial charge in [-0.1, -0.05) is 109 Å². The van der Waals surface area contributed by atoms with Gasteiger partial charge in [-0.25, -0.2) is 0 Å². The summed E-state index contributed by atoms with van der Waals surface area (Å²) in [6.07, 6.45) is 12.7. The largest absolute Gasteiger partial charge is 0.457 e. The minimum absolute atomic E-state index is 0.0569. The van der Waals surface area contributed by atoms with Crippen LogP contribution in [0.4, 0.5) is 0 Å². The van der Waals surface area contributed by atoms with Crippen molar-refractivity contribution in [3.05, 3.63) is 24.3 Å². The lowest BCUT2D eigenvalue weighted by molar-refractivity contribution is -0.332. The number of carbonyl (C=O) groups excluding carboxylic acids is 1. The number of aliphatic hydroxyl groups is 7. The topological polar surface area (TPSA) is 214 Å². The van der Waals surface area contributed by atoms with Crippen molar-refractivity contribution < 1.29 is 69.0 Å². The van der Waals surface area contributed by atoms with E-state index in [4.69, 9.17) is 28.4 Å². The summed E-state index contributed by atoms with van der Waals surface area (Å²) in [7, 11) is 0. The Kier molecular flexibility index (Phi) is 28.4. The smallest absolute Gasteiger partial charge is 0.306 e. The first kappa shape index (κ1) is 50.6. The third-order valence-corrected chi connectivity index (χ3v) is 10.2. The van der Waals surface area contributed by atoms with Gasteiger partial charge in [0.2, 0.25) is 0 Å². The van der Waals surface area contributed by atoms with E-state index >= 15 is 0 Å². The summed E-state index contributed by atoms with van der Waals surface area (Å²) in [5.41, 5.74) is 0. The average Bonchev–Trinajstić information content (AvgIpc) is 3.19. The maximum Gasteiger partial charge on any atom is 0.306 e. The lowest BCUT2D eigenvalue weighted by Crippen LogP contribution is -2.61. The van der Waals surface area contributed by atoms with Gasteiger partial charge in [0.25, 0.3) is 0 Å². The van der Waals surface area contributed by atoms with Crippen molar-refractivity contribution in [2.24, 2.45) is 0 Å². The first-order valence-corrected chi connectivity index (χ1v) is 21.4. The number of esters is 1. The van der Waals surface area contributed by atoms with Crippen molar-refractivity contribution in [2.75, 3.05) is 33.0 Å². The predicted octanol–water partition coefficient (Wildman–Crippen LogP) is 4.12. The van der Waals surface area contributed by atoms with Gasteiger partial charge in [-0.2, -0.15) is 0 Å². The lowest BCUT2D eigenvalue weighted by atomic mass is 9.98. The average molecular weight is 805 g/mol. The Morgan fingerprint density at radius 3 is 1.75 bits per heavy atom. The third-order valence-electron chi connectivity index (χ3n) is 10.2. The molecule has 0 bridgehead atoms. The summed E-state index contributed by atoms with van der Waals surface area (Å²) in [6, 6.07) is 0. The number of aliphatic hydroxyl groups excluding tert-OH is 7. The minimum atomic E-state index is -1.70. The van der Waals surface area contributed by atoms with Crippen LogP contribution in [0.2, 0.25) is 0 Å². The highest BCUT2D eigenvalue weighted by molar-refractivity contribution is 5.69. The fourth-order valence-electron chi connectivity index (χ4n) is 6.61. The van der Waals surface area contributed by atoms with E-state index in [9.17, 15) is 40.5 Å². The van der Waals surface area contributed by atoms with Gasteiger partial charge >= 0.3 is 5.97 Å². The Labute approximate surface area is 335 Å². The molecule has 0 aromatic carbocycles. The summed E-state index contributed by atoms with van der Waals surface area (Å²) in [4.78, 5) is 12.9. The monoisotopic (exact) mass is 805 g/mol. The number of hydrogen-bond donors (Lipinski definition) is 7. The number of hydrogen-bond acceptors (Lipinski definition) is 14. The molecule has 2 saturated heterocycles. The predicted molar refractivity (Wildman–Crippen MR) is 210 cm³/mol. The minimum Gasteiger partial charge on any atom is -0.457 e. The molecule has 0 radical (unpaired) electrons. The molecule has 14 nitrogen and oxygen atoms in total. The summed E-state index contributed by atoms with van der Waals surface area (Å²) >= 11 is 0. The molecular formula is C42H76O14. The first-order valence-electron chi connectivity index (χ1n) is 21.4. The van der Waals surface area contributed by atoms with Gasteiger partial charge in [-0.3, -0.25) is 4.79 Å². The molecule has 2 fully saturated rings. The highest BCUT2D eigenvalue weighted by Crippen LogP contribution is 2.26. The summed E-state index contributed by atoms with van der Waals surface area (Å²) in [5, 5.41) is 71.6. The SMILES string of the molecule is CCCCC/C=C\C/C=C\CCCCCCCC(=O)OC(COCCCCCCCCC)COC1OC(COC2OC(CO)C(O)C(O)C2O)C(O)C(O)C1O. The second-order valence-electron chi connectivity index (χ2n) is 15.2. The highest BCUT2D eigenvalue weighted by Gasteiger charge is 2.47.